The number of hydrogen-bond acceptors (Lipinski definition) is 4. The Hall–Kier alpha value is -1.83. The highest BCUT2D eigenvalue weighted by Crippen LogP contribution is 2.43. The molecule has 30 heavy (non-hydrogen) atoms. The quantitative estimate of drug-likeness (QED) is 0.677. The molecule has 0 saturated carbocycles. The van der Waals surface area contributed by atoms with Crippen molar-refractivity contribution in [3.63, 3.8) is 0 Å². The van der Waals surface area contributed by atoms with Crippen LogP contribution in [0.1, 0.15) is 30.9 Å². The van der Waals surface area contributed by atoms with Gasteiger partial charge in [0.1, 0.15) is 0 Å². The molecule has 0 aromatic heterocycles. The number of amides is 1. The predicted molar refractivity (Wildman–Crippen MR) is 124 cm³/mol. The highest BCUT2D eigenvalue weighted by atomic mass is 35.5. The van der Waals surface area contributed by atoms with E-state index in [4.69, 9.17) is 11.6 Å². The number of rotatable bonds is 4. The largest absolute Gasteiger partial charge is 0.315 e. The smallest absolute Gasteiger partial charge is 0.252 e. The van der Waals surface area contributed by atoms with Gasteiger partial charge in [-0.05, 0) is 29.2 Å². The summed E-state index contributed by atoms with van der Waals surface area (Å²) in [6.45, 7) is 4.20. The van der Waals surface area contributed by atoms with Crippen molar-refractivity contribution < 1.29 is 13.2 Å². The zero-order chi connectivity index (χ0) is 21.5. The molecule has 1 amide bonds. The van der Waals surface area contributed by atoms with Gasteiger partial charge < -0.3 is 4.90 Å². The second-order valence-electron chi connectivity index (χ2n) is 7.94. The average molecular weight is 463 g/mol. The van der Waals surface area contributed by atoms with E-state index in [0.717, 1.165) is 16.8 Å². The maximum Gasteiger partial charge on any atom is 0.252 e. The molecule has 4 rings (SSSR count). The topological polar surface area (TPSA) is 66.8 Å². The third-order valence-corrected chi connectivity index (χ3v) is 8.98. The highest BCUT2D eigenvalue weighted by molar-refractivity contribution is 8.16. The van der Waals surface area contributed by atoms with Crippen LogP contribution in [-0.4, -0.2) is 42.3 Å². The molecular formula is C22H23ClN2O3S2. The van der Waals surface area contributed by atoms with E-state index >= 15 is 0 Å². The Morgan fingerprint density at radius 1 is 1.17 bits per heavy atom. The molecule has 0 radical (unpaired) electrons. The molecule has 2 aromatic rings. The van der Waals surface area contributed by atoms with Gasteiger partial charge in [-0.3, -0.25) is 4.79 Å². The molecule has 2 atom stereocenters. The van der Waals surface area contributed by atoms with Crippen molar-refractivity contribution in [1.29, 1.82) is 0 Å². The van der Waals surface area contributed by atoms with Gasteiger partial charge in [0.2, 0.25) is 0 Å². The number of para-hydroxylation sites is 1. The fraction of sp³-hybridized carbons (Fsp3) is 0.364. The van der Waals surface area contributed by atoms with Gasteiger partial charge in [0.05, 0.1) is 24.0 Å². The summed E-state index contributed by atoms with van der Waals surface area (Å²) in [6, 6.07) is 15.0. The van der Waals surface area contributed by atoms with Crippen molar-refractivity contribution in [2.75, 3.05) is 16.4 Å². The standard InChI is InChI=1S/C22H23ClN2O3S2/c1-14(2)16-8-4-6-10-18(16)25-19-12-30(27,28)13-20(19)29-22(25)24-21(26)11-15-7-3-5-9-17(15)23/h3-10,14,19-20H,11-13H2,1-2H3/t19-,20+/m1/s1. The first-order valence-corrected chi connectivity index (χ1v) is 12.9. The van der Waals surface area contributed by atoms with E-state index in [0.29, 0.717) is 10.2 Å². The van der Waals surface area contributed by atoms with Gasteiger partial charge in [-0.1, -0.05) is 73.6 Å². The Bertz CT molecular complexity index is 1110. The van der Waals surface area contributed by atoms with Gasteiger partial charge in [0.15, 0.2) is 15.0 Å². The molecule has 2 aliphatic heterocycles. The normalized spacial score (nSPS) is 23.9. The Labute approximate surface area is 186 Å². The summed E-state index contributed by atoms with van der Waals surface area (Å²) >= 11 is 7.58. The lowest BCUT2D eigenvalue weighted by atomic mass is 9.99. The zero-order valence-electron chi connectivity index (χ0n) is 16.8. The Morgan fingerprint density at radius 2 is 1.87 bits per heavy atom. The van der Waals surface area contributed by atoms with Crippen molar-refractivity contribution in [2.45, 2.75) is 37.5 Å². The third-order valence-electron chi connectivity index (χ3n) is 5.40. The molecule has 0 bridgehead atoms. The summed E-state index contributed by atoms with van der Waals surface area (Å²) in [6.07, 6.45) is 0.108. The number of anilines is 1. The summed E-state index contributed by atoms with van der Waals surface area (Å²) in [5.41, 5.74) is 2.76. The van der Waals surface area contributed by atoms with Crippen LogP contribution in [0.3, 0.4) is 0 Å². The monoisotopic (exact) mass is 462 g/mol. The van der Waals surface area contributed by atoms with Crippen LogP contribution < -0.4 is 4.90 Å². The number of fused-ring (bicyclic) bond motifs is 1. The Kier molecular flexibility index (Phi) is 5.97. The van der Waals surface area contributed by atoms with Crippen molar-refractivity contribution >= 4 is 50.0 Å². The van der Waals surface area contributed by atoms with Crippen LogP contribution in [0, 0.1) is 0 Å². The van der Waals surface area contributed by atoms with Crippen LogP contribution >= 0.6 is 23.4 Å². The minimum atomic E-state index is -3.11. The number of amidine groups is 1. The van der Waals surface area contributed by atoms with Crippen molar-refractivity contribution in [3.8, 4) is 0 Å². The summed E-state index contributed by atoms with van der Waals surface area (Å²) in [4.78, 5) is 19.1. The molecule has 5 nitrogen and oxygen atoms in total. The maximum atomic E-state index is 12.8. The van der Waals surface area contributed by atoms with Crippen molar-refractivity contribution in [2.24, 2.45) is 4.99 Å². The third kappa shape index (κ3) is 4.29. The van der Waals surface area contributed by atoms with Crippen LogP contribution in [0.25, 0.3) is 0 Å². The van der Waals surface area contributed by atoms with Crippen LogP contribution in [0.2, 0.25) is 5.02 Å². The molecule has 0 aliphatic carbocycles. The molecular weight excluding hydrogens is 440 g/mol. The second-order valence-corrected chi connectivity index (χ2v) is 11.7. The number of carbonyl (C=O) groups is 1. The Morgan fingerprint density at radius 3 is 2.60 bits per heavy atom. The highest BCUT2D eigenvalue weighted by Gasteiger charge is 2.49. The number of sulfone groups is 1. The first-order chi connectivity index (χ1) is 14.2. The molecule has 2 aromatic carbocycles. The van der Waals surface area contributed by atoms with E-state index in [1.165, 1.54) is 11.8 Å². The summed E-state index contributed by atoms with van der Waals surface area (Å²) in [5.74, 6) is 0.152. The number of hydrogen-bond donors (Lipinski definition) is 0. The lowest BCUT2D eigenvalue weighted by Crippen LogP contribution is -2.38. The first kappa shape index (κ1) is 21.4. The number of nitrogens with zero attached hydrogens (tertiary/aromatic N) is 2. The summed E-state index contributed by atoms with van der Waals surface area (Å²) < 4.78 is 24.6. The van der Waals surface area contributed by atoms with Crippen LogP contribution in [0.4, 0.5) is 5.69 Å². The Balaban J connectivity index is 1.71. The minimum Gasteiger partial charge on any atom is -0.315 e. The van der Waals surface area contributed by atoms with E-state index in [2.05, 4.69) is 18.8 Å². The van der Waals surface area contributed by atoms with E-state index in [1.807, 2.05) is 47.4 Å². The van der Waals surface area contributed by atoms with E-state index in [-0.39, 0.29) is 41.0 Å². The van der Waals surface area contributed by atoms with Crippen LogP contribution in [0.5, 0.6) is 0 Å². The SMILES string of the molecule is CC(C)c1ccccc1N1C(=NC(=O)Cc2ccccc2Cl)S[C@H]2CS(=O)(=O)C[C@H]21. The van der Waals surface area contributed by atoms with Gasteiger partial charge in [-0.25, -0.2) is 8.42 Å². The number of benzene rings is 2. The van der Waals surface area contributed by atoms with Gasteiger partial charge in [-0.2, -0.15) is 4.99 Å². The average Bonchev–Trinajstić information content (AvgIpc) is 3.14. The van der Waals surface area contributed by atoms with E-state index in [1.54, 1.807) is 6.07 Å². The number of thioether (sulfide) groups is 1. The lowest BCUT2D eigenvalue weighted by molar-refractivity contribution is -0.117. The molecule has 2 heterocycles. The van der Waals surface area contributed by atoms with Gasteiger partial charge in [0.25, 0.3) is 5.91 Å². The lowest BCUT2D eigenvalue weighted by Gasteiger charge is -2.28. The van der Waals surface area contributed by atoms with E-state index in [9.17, 15) is 13.2 Å². The fourth-order valence-electron chi connectivity index (χ4n) is 3.99. The van der Waals surface area contributed by atoms with Crippen LogP contribution in [0.15, 0.2) is 53.5 Å². The van der Waals surface area contributed by atoms with Gasteiger partial charge in [0, 0.05) is 16.0 Å². The summed E-state index contributed by atoms with van der Waals surface area (Å²) in [5, 5.41) is 0.988. The van der Waals surface area contributed by atoms with Gasteiger partial charge in [-0.15, -0.1) is 0 Å². The molecule has 0 N–H and O–H groups in total. The number of halogens is 1. The number of aliphatic imine (C=N–C) groups is 1. The van der Waals surface area contributed by atoms with Crippen molar-refractivity contribution in [3.05, 3.63) is 64.7 Å². The second kappa shape index (κ2) is 8.36. The molecule has 2 aliphatic rings. The van der Waals surface area contributed by atoms with Crippen molar-refractivity contribution in [1.82, 2.24) is 0 Å². The maximum absolute atomic E-state index is 12.8. The molecule has 0 unspecified atom stereocenters. The predicted octanol–water partition coefficient (Wildman–Crippen LogP) is 4.31. The minimum absolute atomic E-state index is 0.0782. The first-order valence-electron chi connectivity index (χ1n) is 9.85. The molecule has 8 heteroatoms. The van der Waals surface area contributed by atoms with Crippen LogP contribution in [-0.2, 0) is 21.1 Å². The zero-order valence-corrected chi connectivity index (χ0v) is 19.2. The fourth-order valence-corrected chi connectivity index (χ4v) is 8.12. The summed E-state index contributed by atoms with van der Waals surface area (Å²) in [7, 11) is -3.11. The molecule has 2 saturated heterocycles. The van der Waals surface area contributed by atoms with E-state index < -0.39 is 9.84 Å². The van der Waals surface area contributed by atoms with Gasteiger partial charge >= 0.3 is 0 Å². The molecule has 0 spiro atoms. The number of carbonyl (C=O) groups excluding carboxylic acids is 1. The molecule has 2 fully saturated rings. The molecule has 158 valence electrons.